The third-order valence-electron chi connectivity index (χ3n) is 10.2. The number of rotatable bonds is 8. The van der Waals surface area contributed by atoms with E-state index in [1.165, 1.54) is 11.9 Å². The van der Waals surface area contributed by atoms with Gasteiger partial charge in [0, 0.05) is 78.1 Å². The molecule has 1 saturated heterocycles. The Bertz CT molecular complexity index is 2450. The molecule has 7 aromatic rings. The summed E-state index contributed by atoms with van der Waals surface area (Å²) in [5, 5.41) is 10.2. The number of hydrogen-bond acceptors (Lipinski definition) is 10. The molecule has 51 heavy (non-hydrogen) atoms. The zero-order valence-corrected chi connectivity index (χ0v) is 28.6. The Morgan fingerprint density at radius 2 is 1.63 bits per heavy atom. The third-order valence-corrected chi connectivity index (χ3v) is 10.2. The van der Waals surface area contributed by atoms with Gasteiger partial charge < -0.3 is 25.3 Å². The van der Waals surface area contributed by atoms with Gasteiger partial charge in [0.1, 0.15) is 29.9 Å². The molecule has 0 unspecified atom stereocenters. The van der Waals surface area contributed by atoms with E-state index in [1.807, 2.05) is 19.2 Å². The highest BCUT2D eigenvalue weighted by Gasteiger charge is 2.22. The van der Waals surface area contributed by atoms with Crippen LogP contribution in [0.3, 0.4) is 0 Å². The van der Waals surface area contributed by atoms with Gasteiger partial charge in [-0.25, -0.2) is 29.9 Å². The molecule has 254 valence electrons. The number of piperidine rings is 1. The lowest BCUT2D eigenvalue weighted by Gasteiger charge is -2.32. The molecule has 5 aromatic heterocycles. The highest BCUT2D eigenvalue weighted by molar-refractivity contribution is 5.98. The minimum absolute atomic E-state index is 0.349. The summed E-state index contributed by atoms with van der Waals surface area (Å²) in [4.78, 5) is 33.6. The molecule has 0 amide bonds. The molecule has 0 bridgehead atoms. The van der Waals surface area contributed by atoms with Crippen LogP contribution < -0.4 is 15.4 Å². The number of anilines is 2. The molecule has 3 N–H and O–H groups in total. The second kappa shape index (κ2) is 13.1. The first-order valence-corrected chi connectivity index (χ1v) is 17.5. The zero-order chi connectivity index (χ0) is 34.3. The molecule has 11 nitrogen and oxygen atoms in total. The van der Waals surface area contributed by atoms with E-state index in [-0.39, 0.29) is 0 Å². The summed E-state index contributed by atoms with van der Waals surface area (Å²) in [6.45, 7) is 5.80. The summed E-state index contributed by atoms with van der Waals surface area (Å²) < 4.78 is 5.47. The van der Waals surface area contributed by atoms with Crippen molar-refractivity contribution in [3.8, 4) is 17.0 Å². The first-order valence-electron chi connectivity index (χ1n) is 17.5. The van der Waals surface area contributed by atoms with Crippen LogP contribution in [0, 0.1) is 6.92 Å². The number of ether oxygens (including phenoxy) is 1. The van der Waals surface area contributed by atoms with Crippen molar-refractivity contribution >= 4 is 50.0 Å². The fraction of sp³-hybridized carbons (Fsp3) is 0.250. The third kappa shape index (κ3) is 5.99. The van der Waals surface area contributed by atoms with Gasteiger partial charge in [-0.05, 0) is 85.0 Å². The van der Waals surface area contributed by atoms with Gasteiger partial charge in [-0.15, -0.1) is 0 Å². The van der Waals surface area contributed by atoms with Crippen LogP contribution in [0.5, 0.6) is 5.88 Å². The number of nitrogens with zero attached hydrogens (tertiary/aromatic N) is 7. The van der Waals surface area contributed by atoms with E-state index in [0.717, 1.165) is 124 Å². The molecule has 0 saturated carbocycles. The highest BCUT2D eigenvalue weighted by Crippen LogP contribution is 2.35. The number of aromatic amines is 1. The van der Waals surface area contributed by atoms with Gasteiger partial charge in [0.05, 0.1) is 23.5 Å². The number of hydrogen-bond donors (Lipinski definition) is 3. The Morgan fingerprint density at radius 3 is 2.49 bits per heavy atom. The fourth-order valence-electron chi connectivity index (χ4n) is 7.43. The summed E-state index contributed by atoms with van der Waals surface area (Å²) in [6.07, 6.45) is 10.5. The number of pyridine rings is 2. The molecule has 0 aliphatic carbocycles. The minimum Gasteiger partial charge on any atom is -0.480 e. The second-order valence-electron chi connectivity index (χ2n) is 13.3. The van der Waals surface area contributed by atoms with Crippen molar-refractivity contribution in [1.29, 1.82) is 0 Å². The number of nitrogens with one attached hydrogen (secondary N) is 3. The van der Waals surface area contributed by atoms with E-state index in [0.29, 0.717) is 11.9 Å². The largest absolute Gasteiger partial charge is 0.480 e. The maximum atomic E-state index is 5.47. The smallest absolute Gasteiger partial charge is 0.224 e. The van der Waals surface area contributed by atoms with E-state index in [9.17, 15) is 0 Å². The number of benzene rings is 2. The van der Waals surface area contributed by atoms with Gasteiger partial charge in [-0.2, -0.15) is 0 Å². The molecule has 0 spiro atoms. The van der Waals surface area contributed by atoms with Crippen LogP contribution in [0.4, 0.5) is 11.6 Å². The van der Waals surface area contributed by atoms with Crippen molar-refractivity contribution < 1.29 is 4.74 Å². The average Bonchev–Trinajstić information content (AvgIpc) is 3.60. The monoisotopic (exact) mass is 674 g/mol. The molecule has 2 aliphatic heterocycles. The summed E-state index contributed by atoms with van der Waals surface area (Å²) >= 11 is 0. The Kier molecular flexibility index (Phi) is 7.96. The van der Waals surface area contributed by atoms with Crippen LogP contribution in [0.1, 0.15) is 35.4 Å². The van der Waals surface area contributed by atoms with E-state index in [2.05, 4.69) is 96.1 Å². The van der Waals surface area contributed by atoms with Crippen molar-refractivity contribution in [2.24, 2.45) is 0 Å². The Hall–Kier alpha value is -5.94. The van der Waals surface area contributed by atoms with E-state index in [4.69, 9.17) is 19.7 Å². The highest BCUT2D eigenvalue weighted by atomic mass is 16.5. The lowest BCUT2D eigenvalue weighted by molar-refractivity contribution is 0.221. The van der Waals surface area contributed by atoms with Crippen molar-refractivity contribution in [2.45, 2.75) is 32.2 Å². The van der Waals surface area contributed by atoms with Gasteiger partial charge in [0.25, 0.3) is 0 Å². The van der Waals surface area contributed by atoms with Crippen LogP contribution in [-0.2, 0) is 6.42 Å². The molecule has 2 aliphatic rings. The number of aryl methyl sites for hydroxylation is 1. The molecule has 9 rings (SSSR count). The molecule has 1 fully saturated rings. The maximum absolute atomic E-state index is 5.47. The first-order chi connectivity index (χ1) is 25.1. The van der Waals surface area contributed by atoms with Gasteiger partial charge in [0.2, 0.25) is 5.88 Å². The van der Waals surface area contributed by atoms with E-state index in [1.54, 1.807) is 13.4 Å². The number of fused-ring (bicyclic) bond motifs is 4. The first kappa shape index (κ1) is 31.1. The summed E-state index contributed by atoms with van der Waals surface area (Å²) in [5.41, 5.74) is 10.4. The molecule has 7 heterocycles. The number of aromatic nitrogens is 7. The fourth-order valence-corrected chi connectivity index (χ4v) is 7.43. The van der Waals surface area contributed by atoms with E-state index >= 15 is 0 Å². The normalized spacial score (nSPS) is 15.1. The van der Waals surface area contributed by atoms with Crippen molar-refractivity contribution in [3.05, 3.63) is 108 Å². The van der Waals surface area contributed by atoms with Crippen LogP contribution in [0.15, 0.2) is 85.6 Å². The lowest BCUT2D eigenvalue weighted by atomic mass is 9.94. The zero-order valence-electron chi connectivity index (χ0n) is 28.6. The van der Waals surface area contributed by atoms with Crippen molar-refractivity contribution in [1.82, 2.24) is 39.8 Å². The van der Waals surface area contributed by atoms with Crippen molar-refractivity contribution in [2.75, 3.05) is 43.9 Å². The van der Waals surface area contributed by atoms with E-state index < -0.39 is 0 Å². The van der Waals surface area contributed by atoms with Gasteiger partial charge in [-0.3, -0.25) is 0 Å². The lowest BCUT2D eigenvalue weighted by Crippen LogP contribution is -2.40. The Morgan fingerprint density at radius 1 is 0.824 bits per heavy atom. The topological polar surface area (TPSA) is 130 Å². The quantitative estimate of drug-likeness (QED) is 0.158. The standard InChI is InChI=1S/C40H38N10O/c1-24-3-7-30-29(11-15-41-37(30)47-24)25-4-9-35-32(19-25)39(45-22-43-35)49-28-13-17-50(18-14-28)16-12-27-6-8-31-34(21-42-38(31)48-27)26-5-10-36-33(20-26)40(51-2)46-23-44-36/h3-11,19-23,28H,12-18H2,1-2H3,(H,41,47)(H,42,48)(H,43,45,49). The molecule has 0 radical (unpaired) electrons. The maximum Gasteiger partial charge on any atom is 0.224 e. The number of likely N-dealkylation sites (tertiary alicyclic amines) is 1. The molecule has 11 heteroatoms. The summed E-state index contributed by atoms with van der Waals surface area (Å²) in [7, 11) is 1.63. The summed E-state index contributed by atoms with van der Waals surface area (Å²) in [5.74, 6) is 2.41. The van der Waals surface area contributed by atoms with Crippen LogP contribution >= 0.6 is 0 Å². The summed E-state index contributed by atoms with van der Waals surface area (Å²) in [6, 6.07) is 21.5. The van der Waals surface area contributed by atoms with Gasteiger partial charge in [0.15, 0.2) is 0 Å². The Balaban J connectivity index is 0.844. The Labute approximate surface area is 295 Å². The van der Waals surface area contributed by atoms with Gasteiger partial charge in [-0.1, -0.05) is 18.2 Å². The minimum atomic E-state index is 0.349. The number of methoxy groups -OCH3 is 1. The second-order valence-corrected chi connectivity index (χ2v) is 13.3. The molecular formula is C40H38N10O. The predicted octanol–water partition coefficient (Wildman–Crippen LogP) is 6.80. The van der Waals surface area contributed by atoms with Gasteiger partial charge >= 0.3 is 0 Å². The number of H-pyrrole nitrogens is 1. The van der Waals surface area contributed by atoms with Crippen LogP contribution in [0.2, 0.25) is 0 Å². The van der Waals surface area contributed by atoms with Crippen LogP contribution in [0.25, 0.3) is 49.5 Å². The molecule has 0 atom stereocenters. The van der Waals surface area contributed by atoms with Crippen LogP contribution in [-0.4, -0.2) is 79.1 Å². The molecular weight excluding hydrogens is 637 g/mol. The molecule has 2 aromatic carbocycles. The average molecular weight is 675 g/mol. The SMILES string of the molecule is COc1ncnc2ccc(-c3c[nH]c4nc(CCN5CCC(Nc6ncnc7ccc(C8=CCNc9nc(C)ccc98)cc67)CC5)ccc34)cc12. The van der Waals surface area contributed by atoms with Crippen molar-refractivity contribution in [3.63, 3.8) is 0 Å². The predicted molar refractivity (Wildman–Crippen MR) is 202 cm³/mol.